The molecule has 0 aliphatic carbocycles. The molecule has 0 bridgehead atoms. The number of aliphatic carboxylic acids is 1. The van der Waals surface area contributed by atoms with Crippen molar-refractivity contribution in [3.63, 3.8) is 0 Å². The number of hydrogen-bond donors (Lipinski definition) is 4. The second-order valence-electron chi connectivity index (χ2n) is 3.76. The molecule has 10 heteroatoms. The molecule has 0 heterocycles. The number of carbonyl (C=O) groups is 3. The quantitative estimate of drug-likeness (QED) is 0.379. The third-order valence-corrected chi connectivity index (χ3v) is 2.85. The maximum Gasteiger partial charge on any atom is 0.322 e. The van der Waals surface area contributed by atoms with Crippen LogP contribution in [-0.4, -0.2) is 63.1 Å². The Morgan fingerprint density at radius 3 is 2.21 bits per heavy atom. The Kier molecular flexibility index (Phi) is 7.49. The summed E-state index contributed by atoms with van der Waals surface area (Å²) in [6, 6.07) is -0.626. The molecule has 0 saturated heterocycles. The van der Waals surface area contributed by atoms with Gasteiger partial charge >= 0.3 is 12.0 Å². The SMILES string of the molecule is CS(=O)(=O)CCCNC(=O)NCC(=O)NCC(=O)O. The minimum absolute atomic E-state index is 0.0353. The minimum Gasteiger partial charge on any atom is -0.480 e. The van der Waals surface area contributed by atoms with Gasteiger partial charge in [0, 0.05) is 12.8 Å². The minimum atomic E-state index is -3.05. The Balaban J connectivity index is 3.64. The van der Waals surface area contributed by atoms with E-state index in [4.69, 9.17) is 5.11 Å². The average Bonchev–Trinajstić information content (AvgIpc) is 2.28. The van der Waals surface area contributed by atoms with Crippen LogP contribution in [0.2, 0.25) is 0 Å². The zero-order valence-corrected chi connectivity index (χ0v) is 11.2. The molecule has 0 radical (unpaired) electrons. The summed E-state index contributed by atoms with van der Waals surface area (Å²) in [4.78, 5) is 32.3. The lowest BCUT2D eigenvalue weighted by atomic mass is 10.5. The Labute approximate surface area is 110 Å². The zero-order chi connectivity index (χ0) is 14.9. The molecule has 0 atom stereocenters. The highest BCUT2D eigenvalue weighted by molar-refractivity contribution is 7.90. The predicted octanol–water partition coefficient (Wildman–Crippen LogP) is -2.08. The van der Waals surface area contributed by atoms with Crippen LogP contribution in [0.15, 0.2) is 0 Å². The first-order valence-electron chi connectivity index (χ1n) is 5.38. The number of amides is 3. The van der Waals surface area contributed by atoms with Gasteiger partial charge in [-0.25, -0.2) is 13.2 Å². The number of carboxylic acid groups (broad SMARTS) is 1. The predicted molar refractivity (Wildman–Crippen MR) is 66.4 cm³/mol. The van der Waals surface area contributed by atoms with Crippen molar-refractivity contribution in [3.8, 4) is 0 Å². The van der Waals surface area contributed by atoms with Crippen molar-refractivity contribution in [2.45, 2.75) is 6.42 Å². The van der Waals surface area contributed by atoms with Gasteiger partial charge in [-0.15, -0.1) is 0 Å². The smallest absolute Gasteiger partial charge is 0.322 e. The molecule has 0 unspecified atom stereocenters. The summed E-state index contributed by atoms with van der Waals surface area (Å²) in [5.41, 5.74) is 0. The van der Waals surface area contributed by atoms with Gasteiger partial charge in [0.15, 0.2) is 0 Å². The Hall–Kier alpha value is -1.84. The highest BCUT2D eigenvalue weighted by Gasteiger charge is 2.06. The topological polar surface area (TPSA) is 142 Å². The highest BCUT2D eigenvalue weighted by atomic mass is 32.2. The molecule has 19 heavy (non-hydrogen) atoms. The first kappa shape index (κ1) is 17.2. The second kappa shape index (κ2) is 8.29. The molecule has 0 aromatic rings. The number of carboxylic acids is 1. The van der Waals surface area contributed by atoms with Crippen molar-refractivity contribution >= 4 is 27.7 Å². The van der Waals surface area contributed by atoms with E-state index in [-0.39, 0.29) is 25.3 Å². The number of hydrogen-bond acceptors (Lipinski definition) is 5. The number of carbonyl (C=O) groups excluding carboxylic acids is 2. The van der Waals surface area contributed by atoms with Crippen LogP contribution in [0.25, 0.3) is 0 Å². The van der Waals surface area contributed by atoms with E-state index in [9.17, 15) is 22.8 Å². The summed E-state index contributed by atoms with van der Waals surface area (Å²) in [5, 5.41) is 14.9. The van der Waals surface area contributed by atoms with Gasteiger partial charge in [-0.05, 0) is 6.42 Å². The van der Waals surface area contributed by atoms with E-state index in [2.05, 4.69) is 16.0 Å². The van der Waals surface area contributed by atoms with Gasteiger partial charge in [0.25, 0.3) is 0 Å². The van der Waals surface area contributed by atoms with Crippen molar-refractivity contribution in [1.82, 2.24) is 16.0 Å². The molecule has 0 aliphatic heterocycles. The number of urea groups is 1. The van der Waals surface area contributed by atoms with Crippen LogP contribution in [0.4, 0.5) is 4.79 Å². The van der Waals surface area contributed by atoms with Crippen LogP contribution in [0, 0.1) is 0 Å². The summed E-state index contributed by atoms with van der Waals surface area (Å²) in [6.45, 7) is -0.711. The van der Waals surface area contributed by atoms with Crippen LogP contribution in [0.1, 0.15) is 6.42 Å². The largest absolute Gasteiger partial charge is 0.480 e. The zero-order valence-electron chi connectivity index (χ0n) is 10.4. The Bertz CT molecular complexity index is 433. The van der Waals surface area contributed by atoms with E-state index in [1.54, 1.807) is 0 Å². The van der Waals surface area contributed by atoms with Crippen LogP contribution in [0.5, 0.6) is 0 Å². The standard InChI is InChI=1S/C9H17N3O6S/c1-19(17,18)4-2-3-10-9(16)12-5-7(13)11-6-8(14)15/h2-6H2,1H3,(H,11,13)(H,14,15)(H2,10,12,16). The number of rotatable bonds is 8. The Morgan fingerprint density at radius 1 is 1.05 bits per heavy atom. The molecular formula is C9H17N3O6S. The molecular weight excluding hydrogens is 278 g/mol. The van der Waals surface area contributed by atoms with Gasteiger partial charge < -0.3 is 21.1 Å². The van der Waals surface area contributed by atoms with Crippen LogP contribution in [-0.2, 0) is 19.4 Å². The van der Waals surface area contributed by atoms with Gasteiger partial charge in [0.05, 0.1) is 12.3 Å². The molecule has 0 spiro atoms. The molecule has 3 amide bonds. The van der Waals surface area contributed by atoms with Gasteiger partial charge in [0.2, 0.25) is 5.91 Å². The van der Waals surface area contributed by atoms with Gasteiger partial charge in [0.1, 0.15) is 16.4 Å². The molecule has 0 saturated carbocycles. The maximum atomic E-state index is 11.1. The molecule has 110 valence electrons. The summed E-state index contributed by atoms with van der Waals surface area (Å²) in [7, 11) is -3.05. The average molecular weight is 295 g/mol. The highest BCUT2D eigenvalue weighted by Crippen LogP contribution is 1.86. The van der Waals surface area contributed by atoms with Crippen molar-refractivity contribution in [1.29, 1.82) is 0 Å². The van der Waals surface area contributed by atoms with E-state index >= 15 is 0 Å². The van der Waals surface area contributed by atoms with Gasteiger partial charge in [-0.2, -0.15) is 0 Å². The third-order valence-electron chi connectivity index (χ3n) is 1.82. The van der Waals surface area contributed by atoms with E-state index in [0.29, 0.717) is 0 Å². The fourth-order valence-electron chi connectivity index (χ4n) is 0.996. The fraction of sp³-hybridized carbons (Fsp3) is 0.667. The van der Waals surface area contributed by atoms with Crippen molar-refractivity contribution in [2.75, 3.05) is 31.6 Å². The molecule has 4 N–H and O–H groups in total. The first-order valence-corrected chi connectivity index (χ1v) is 7.44. The lowest BCUT2D eigenvalue weighted by Crippen LogP contribution is -2.43. The van der Waals surface area contributed by atoms with E-state index in [1.807, 2.05) is 0 Å². The van der Waals surface area contributed by atoms with Crippen molar-refractivity contribution in [2.24, 2.45) is 0 Å². The summed E-state index contributed by atoms with van der Waals surface area (Å²) in [5.74, 6) is -1.85. The molecule has 0 fully saturated rings. The van der Waals surface area contributed by atoms with Gasteiger partial charge in [-0.1, -0.05) is 0 Å². The monoisotopic (exact) mass is 295 g/mol. The summed E-state index contributed by atoms with van der Waals surface area (Å²) >= 11 is 0. The van der Waals surface area contributed by atoms with E-state index in [0.717, 1.165) is 6.26 Å². The molecule has 0 rings (SSSR count). The lowest BCUT2D eigenvalue weighted by Gasteiger charge is -2.07. The molecule has 0 aliphatic rings. The molecule has 9 nitrogen and oxygen atoms in total. The maximum absolute atomic E-state index is 11.1. The summed E-state index contributed by atoms with van der Waals surface area (Å²) < 4.78 is 21.6. The van der Waals surface area contributed by atoms with Gasteiger partial charge in [-0.3, -0.25) is 9.59 Å². The van der Waals surface area contributed by atoms with Crippen molar-refractivity contribution in [3.05, 3.63) is 0 Å². The molecule has 0 aromatic heterocycles. The fourth-order valence-corrected chi connectivity index (χ4v) is 1.66. The van der Waals surface area contributed by atoms with E-state index in [1.165, 1.54) is 0 Å². The van der Waals surface area contributed by atoms with E-state index < -0.39 is 34.3 Å². The second-order valence-corrected chi connectivity index (χ2v) is 6.02. The van der Waals surface area contributed by atoms with Crippen LogP contribution in [0.3, 0.4) is 0 Å². The van der Waals surface area contributed by atoms with Crippen LogP contribution >= 0.6 is 0 Å². The molecule has 0 aromatic carbocycles. The number of nitrogens with one attached hydrogen (secondary N) is 3. The summed E-state index contributed by atoms with van der Waals surface area (Å²) in [6.07, 6.45) is 1.37. The normalized spacial score (nSPS) is 10.6. The Morgan fingerprint density at radius 2 is 1.68 bits per heavy atom. The third kappa shape index (κ3) is 12.4. The van der Waals surface area contributed by atoms with Crippen LogP contribution < -0.4 is 16.0 Å². The number of sulfone groups is 1. The van der Waals surface area contributed by atoms with Crippen molar-refractivity contribution < 1.29 is 27.9 Å². The first-order chi connectivity index (χ1) is 8.70. The lowest BCUT2D eigenvalue weighted by molar-refractivity contribution is -0.137.